The summed E-state index contributed by atoms with van der Waals surface area (Å²) in [5, 5.41) is 0.491. The Balaban J connectivity index is 1.67. The fourth-order valence-corrected chi connectivity index (χ4v) is 4.43. The van der Waals surface area contributed by atoms with Crippen molar-refractivity contribution in [3.05, 3.63) is 105 Å². The molecule has 0 saturated carbocycles. The summed E-state index contributed by atoms with van der Waals surface area (Å²) in [6.07, 6.45) is 0.0881. The van der Waals surface area contributed by atoms with E-state index in [1.807, 2.05) is 0 Å². The van der Waals surface area contributed by atoms with Crippen LogP contribution in [0.3, 0.4) is 0 Å². The van der Waals surface area contributed by atoms with E-state index < -0.39 is 0 Å². The lowest BCUT2D eigenvalue weighted by Gasteiger charge is -2.31. The predicted octanol–water partition coefficient (Wildman–Crippen LogP) is 6.11. The molecule has 3 aromatic carbocycles. The van der Waals surface area contributed by atoms with Crippen molar-refractivity contribution in [1.29, 1.82) is 0 Å². The number of aryl methyl sites for hydroxylation is 2. The summed E-state index contributed by atoms with van der Waals surface area (Å²) < 4.78 is 14.5. The van der Waals surface area contributed by atoms with E-state index in [9.17, 15) is 4.39 Å². The minimum atomic E-state index is -0.238. The zero-order valence-electron chi connectivity index (χ0n) is 16.9. The molecular weight excluding hydrogens is 383 g/mol. The first-order valence-corrected chi connectivity index (χ1v) is 10.4. The van der Waals surface area contributed by atoms with Crippen LogP contribution in [0, 0.1) is 19.7 Å². The average molecular weight is 409 g/mol. The van der Waals surface area contributed by atoms with E-state index in [1.54, 1.807) is 12.1 Å². The number of halogens is 2. The van der Waals surface area contributed by atoms with Gasteiger partial charge in [0.1, 0.15) is 5.82 Å². The van der Waals surface area contributed by atoms with E-state index in [1.165, 1.54) is 28.3 Å². The molecule has 0 bridgehead atoms. The van der Waals surface area contributed by atoms with Gasteiger partial charge in [-0.1, -0.05) is 71.8 Å². The molecule has 1 fully saturated rings. The third-order valence-corrected chi connectivity index (χ3v) is 6.12. The van der Waals surface area contributed by atoms with E-state index in [4.69, 9.17) is 11.6 Å². The van der Waals surface area contributed by atoms with Crippen molar-refractivity contribution in [2.45, 2.75) is 33.1 Å². The van der Waals surface area contributed by atoms with Crippen LogP contribution in [0.2, 0.25) is 5.02 Å². The molecule has 1 aliphatic rings. The van der Waals surface area contributed by atoms with Crippen LogP contribution in [0.15, 0.2) is 66.7 Å². The minimum absolute atomic E-state index is 0.0881. The highest BCUT2D eigenvalue weighted by molar-refractivity contribution is 6.31. The quantitative estimate of drug-likeness (QED) is 0.502. The highest BCUT2D eigenvalue weighted by Gasteiger charge is 2.34. The van der Waals surface area contributed by atoms with Gasteiger partial charge >= 0.3 is 0 Å². The first-order valence-electron chi connectivity index (χ1n) is 10.0. The third kappa shape index (κ3) is 4.37. The molecule has 4 heteroatoms. The van der Waals surface area contributed by atoms with Gasteiger partial charge in [-0.2, -0.15) is 0 Å². The summed E-state index contributed by atoms with van der Waals surface area (Å²) in [6, 6.07) is 22.1. The van der Waals surface area contributed by atoms with Crippen LogP contribution in [0.1, 0.15) is 34.0 Å². The molecular formula is C25H26ClFN2. The Kier molecular flexibility index (Phi) is 6.00. The molecule has 1 atom stereocenters. The average Bonchev–Trinajstić information content (AvgIpc) is 3.09. The van der Waals surface area contributed by atoms with Gasteiger partial charge in [0, 0.05) is 36.8 Å². The maximum atomic E-state index is 14.5. The highest BCUT2D eigenvalue weighted by Crippen LogP contribution is 2.35. The molecule has 150 valence electrons. The standard InChI is InChI=1S/C25H26ClFN2/c1-18-7-5-10-20(15-18)25-28(16-21-9-4-3-8-19(21)2)13-14-29(25)17-22-23(26)11-6-12-24(22)27/h3-12,15,25H,13-14,16-17H2,1-2H3/t25-/m0/s1. The lowest BCUT2D eigenvalue weighted by molar-refractivity contribution is 0.124. The van der Waals surface area contributed by atoms with Gasteiger partial charge in [0.05, 0.1) is 6.17 Å². The molecule has 0 aliphatic carbocycles. The molecule has 4 rings (SSSR count). The summed E-state index contributed by atoms with van der Waals surface area (Å²) in [5.41, 5.74) is 5.67. The lowest BCUT2D eigenvalue weighted by Crippen LogP contribution is -2.31. The largest absolute Gasteiger partial charge is 0.278 e. The Labute approximate surface area is 177 Å². The van der Waals surface area contributed by atoms with Crippen molar-refractivity contribution in [2.24, 2.45) is 0 Å². The Hall–Kier alpha value is -2.20. The van der Waals surface area contributed by atoms with Crippen LogP contribution in [-0.4, -0.2) is 22.9 Å². The second kappa shape index (κ2) is 8.66. The zero-order chi connectivity index (χ0) is 20.4. The van der Waals surface area contributed by atoms with Crippen molar-refractivity contribution in [3.8, 4) is 0 Å². The molecule has 0 unspecified atom stereocenters. The SMILES string of the molecule is Cc1cccc([C@H]2N(Cc3ccccc3C)CCN2Cc2c(F)cccc2Cl)c1. The van der Waals surface area contributed by atoms with Crippen LogP contribution in [0.5, 0.6) is 0 Å². The van der Waals surface area contributed by atoms with Crippen LogP contribution in [-0.2, 0) is 13.1 Å². The van der Waals surface area contributed by atoms with E-state index >= 15 is 0 Å². The first-order chi connectivity index (χ1) is 14.0. The molecule has 1 heterocycles. The summed E-state index contributed by atoms with van der Waals surface area (Å²) in [4.78, 5) is 4.81. The number of nitrogens with zero attached hydrogens (tertiary/aromatic N) is 2. The van der Waals surface area contributed by atoms with Crippen LogP contribution >= 0.6 is 11.6 Å². The lowest BCUT2D eigenvalue weighted by atomic mass is 10.1. The van der Waals surface area contributed by atoms with Gasteiger partial charge in [0.2, 0.25) is 0 Å². The molecule has 0 radical (unpaired) electrons. The zero-order valence-corrected chi connectivity index (χ0v) is 17.7. The fourth-order valence-electron chi connectivity index (χ4n) is 4.21. The normalized spacial score (nSPS) is 17.7. The molecule has 0 spiro atoms. The number of rotatable bonds is 5. The summed E-state index contributed by atoms with van der Waals surface area (Å²) in [5.74, 6) is -0.238. The smallest absolute Gasteiger partial charge is 0.129 e. The molecule has 1 saturated heterocycles. The van der Waals surface area contributed by atoms with Crippen molar-refractivity contribution >= 4 is 11.6 Å². The van der Waals surface area contributed by atoms with Gasteiger partial charge in [-0.05, 0) is 42.7 Å². The molecule has 29 heavy (non-hydrogen) atoms. The molecule has 1 aliphatic heterocycles. The first kappa shape index (κ1) is 20.1. The number of hydrogen-bond donors (Lipinski definition) is 0. The Bertz CT molecular complexity index is 983. The van der Waals surface area contributed by atoms with E-state index in [-0.39, 0.29) is 12.0 Å². The Morgan fingerprint density at radius 2 is 1.62 bits per heavy atom. The van der Waals surface area contributed by atoms with E-state index in [0.717, 1.165) is 19.6 Å². The Morgan fingerprint density at radius 3 is 2.34 bits per heavy atom. The van der Waals surface area contributed by atoms with Gasteiger partial charge < -0.3 is 0 Å². The van der Waals surface area contributed by atoms with E-state index in [2.05, 4.69) is 72.2 Å². The number of hydrogen-bond acceptors (Lipinski definition) is 2. The van der Waals surface area contributed by atoms with Crippen molar-refractivity contribution < 1.29 is 4.39 Å². The molecule has 0 amide bonds. The maximum Gasteiger partial charge on any atom is 0.129 e. The summed E-state index contributed by atoms with van der Waals surface area (Å²) in [6.45, 7) is 7.43. The second-order valence-corrected chi connectivity index (χ2v) is 8.26. The number of benzene rings is 3. The van der Waals surface area contributed by atoms with Crippen LogP contribution in [0.4, 0.5) is 4.39 Å². The minimum Gasteiger partial charge on any atom is -0.278 e. The monoisotopic (exact) mass is 408 g/mol. The predicted molar refractivity (Wildman–Crippen MR) is 117 cm³/mol. The highest BCUT2D eigenvalue weighted by atomic mass is 35.5. The Morgan fingerprint density at radius 1 is 0.897 bits per heavy atom. The van der Waals surface area contributed by atoms with Crippen molar-refractivity contribution in [1.82, 2.24) is 9.80 Å². The van der Waals surface area contributed by atoms with Crippen LogP contribution < -0.4 is 0 Å². The van der Waals surface area contributed by atoms with Gasteiger partial charge in [0.25, 0.3) is 0 Å². The third-order valence-electron chi connectivity index (χ3n) is 5.76. The maximum absolute atomic E-state index is 14.5. The summed E-state index contributed by atoms with van der Waals surface area (Å²) in [7, 11) is 0. The molecule has 0 N–H and O–H groups in total. The van der Waals surface area contributed by atoms with E-state index in [0.29, 0.717) is 17.1 Å². The second-order valence-electron chi connectivity index (χ2n) is 7.86. The fraction of sp³-hybridized carbons (Fsp3) is 0.280. The molecule has 2 nitrogen and oxygen atoms in total. The van der Waals surface area contributed by atoms with Gasteiger partial charge in [0.15, 0.2) is 0 Å². The van der Waals surface area contributed by atoms with Gasteiger partial charge in [-0.15, -0.1) is 0 Å². The summed E-state index contributed by atoms with van der Waals surface area (Å²) >= 11 is 6.33. The van der Waals surface area contributed by atoms with Crippen LogP contribution in [0.25, 0.3) is 0 Å². The van der Waals surface area contributed by atoms with Crippen molar-refractivity contribution in [3.63, 3.8) is 0 Å². The molecule has 3 aromatic rings. The van der Waals surface area contributed by atoms with Gasteiger partial charge in [-0.3, -0.25) is 9.80 Å². The van der Waals surface area contributed by atoms with Gasteiger partial charge in [-0.25, -0.2) is 4.39 Å². The molecule has 0 aromatic heterocycles. The topological polar surface area (TPSA) is 6.48 Å². The van der Waals surface area contributed by atoms with Crippen molar-refractivity contribution in [2.75, 3.05) is 13.1 Å².